The maximum absolute atomic E-state index is 13.0. The van der Waals surface area contributed by atoms with Crippen LogP contribution in [0.25, 0.3) is 0 Å². The molecular formula is C9H9ClF2O. The summed E-state index contributed by atoms with van der Waals surface area (Å²) < 4.78 is 25.6. The third kappa shape index (κ3) is 2.64. The molecule has 13 heavy (non-hydrogen) atoms. The molecule has 0 saturated heterocycles. The van der Waals surface area contributed by atoms with Crippen LogP contribution in [0.1, 0.15) is 12.5 Å². The Labute approximate surface area is 80.0 Å². The van der Waals surface area contributed by atoms with Crippen molar-refractivity contribution >= 4 is 11.6 Å². The fraction of sp³-hybridized carbons (Fsp3) is 0.333. The summed E-state index contributed by atoms with van der Waals surface area (Å²) in [4.78, 5) is 0. The molecule has 0 bridgehead atoms. The van der Waals surface area contributed by atoms with Gasteiger partial charge in [0.25, 0.3) is 0 Å². The lowest BCUT2D eigenvalue weighted by Crippen LogP contribution is -2.06. The monoisotopic (exact) mass is 206 g/mol. The highest BCUT2D eigenvalue weighted by Crippen LogP contribution is 2.20. The Morgan fingerprint density at radius 3 is 2.54 bits per heavy atom. The van der Waals surface area contributed by atoms with E-state index in [0.29, 0.717) is 0 Å². The number of aliphatic hydroxyl groups is 1. The van der Waals surface area contributed by atoms with Crippen LogP contribution in [0.5, 0.6) is 0 Å². The maximum Gasteiger partial charge on any atom is 0.144 e. The van der Waals surface area contributed by atoms with Gasteiger partial charge in [-0.1, -0.05) is 11.6 Å². The van der Waals surface area contributed by atoms with Gasteiger partial charge in [0.2, 0.25) is 0 Å². The lowest BCUT2D eigenvalue weighted by molar-refractivity contribution is 0.194. The van der Waals surface area contributed by atoms with E-state index in [1.807, 2.05) is 0 Å². The van der Waals surface area contributed by atoms with Crippen molar-refractivity contribution in [3.8, 4) is 0 Å². The van der Waals surface area contributed by atoms with E-state index in [0.717, 1.165) is 6.07 Å². The second-order valence-corrected chi connectivity index (χ2v) is 3.32. The summed E-state index contributed by atoms with van der Waals surface area (Å²) in [6, 6.07) is 1.92. The van der Waals surface area contributed by atoms with Crippen LogP contribution < -0.4 is 0 Å². The van der Waals surface area contributed by atoms with Crippen LogP contribution in [0.3, 0.4) is 0 Å². The fourth-order valence-corrected chi connectivity index (χ4v) is 1.22. The van der Waals surface area contributed by atoms with Crippen LogP contribution in [-0.2, 0) is 6.42 Å². The molecule has 72 valence electrons. The lowest BCUT2D eigenvalue weighted by Gasteiger charge is -2.06. The van der Waals surface area contributed by atoms with Crippen LogP contribution in [-0.4, -0.2) is 11.2 Å². The van der Waals surface area contributed by atoms with Gasteiger partial charge in [-0.2, -0.15) is 0 Å². The first-order valence-electron chi connectivity index (χ1n) is 3.82. The molecule has 1 aromatic rings. The molecule has 4 heteroatoms. The molecule has 0 aliphatic rings. The van der Waals surface area contributed by atoms with Gasteiger partial charge in [0.15, 0.2) is 0 Å². The van der Waals surface area contributed by atoms with E-state index in [2.05, 4.69) is 0 Å². The Hall–Kier alpha value is -0.670. The third-order valence-corrected chi connectivity index (χ3v) is 1.89. The number of rotatable bonds is 2. The fourth-order valence-electron chi connectivity index (χ4n) is 1.04. The number of hydrogen-bond acceptors (Lipinski definition) is 1. The first-order valence-corrected chi connectivity index (χ1v) is 4.20. The minimum Gasteiger partial charge on any atom is -0.393 e. The van der Waals surface area contributed by atoms with Crippen LogP contribution in [0.4, 0.5) is 8.78 Å². The third-order valence-electron chi connectivity index (χ3n) is 1.60. The smallest absolute Gasteiger partial charge is 0.144 e. The molecule has 0 radical (unpaired) electrons. The topological polar surface area (TPSA) is 20.2 Å². The average molecular weight is 207 g/mol. The molecule has 0 aliphatic heterocycles. The number of halogens is 3. The van der Waals surface area contributed by atoms with E-state index in [4.69, 9.17) is 16.7 Å². The van der Waals surface area contributed by atoms with E-state index in [1.165, 1.54) is 13.0 Å². The average Bonchev–Trinajstić information content (AvgIpc) is 1.99. The number of benzene rings is 1. The van der Waals surface area contributed by atoms with Gasteiger partial charge in [0, 0.05) is 12.5 Å². The van der Waals surface area contributed by atoms with E-state index in [-0.39, 0.29) is 17.0 Å². The first kappa shape index (κ1) is 10.4. The molecule has 1 aromatic carbocycles. The highest BCUT2D eigenvalue weighted by Gasteiger charge is 2.09. The normalized spacial score (nSPS) is 13.0. The van der Waals surface area contributed by atoms with Crippen LogP contribution in [0.15, 0.2) is 12.1 Å². The molecule has 1 N–H and O–H groups in total. The zero-order valence-electron chi connectivity index (χ0n) is 7.02. The Bertz CT molecular complexity index is 313. The van der Waals surface area contributed by atoms with Gasteiger partial charge in [-0.25, -0.2) is 8.78 Å². The van der Waals surface area contributed by atoms with Crippen molar-refractivity contribution in [2.24, 2.45) is 0 Å². The second kappa shape index (κ2) is 4.03. The minimum atomic E-state index is -0.784. The van der Waals surface area contributed by atoms with Crippen molar-refractivity contribution in [2.75, 3.05) is 0 Å². The molecule has 1 rings (SSSR count). The molecule has 1 nitrogen and oxygen atoms in total. The highest BCUT2D eigenvalue weighted by molar-refractivity contribution is 6.30. The number of hydrogen-bond donors (Lipinski definition) is 1. The van der Waals surface area contributed by atoms with Crippen molar-refractivity contribution in [1.29, 1.82) is 0 Å². The largest absolute Gasteiger partial charge is 0.393 e. The zero-order chi connectivity index (χ0) is 10.0. The molecule has 0 aromatic heterocycles. The highest BCUT2D eigenvalue weighted by atomic mass is 35.5. The summed E-state index contributed by atoms with van der Waals surface area (Å²) in [7, 11) is 0. The molecule has 0 amide bonds. The van der Waals surface area contributed by atoms with Crippen molar-refractivity contribution in [3.05, 3.63) is 34.4 Å². The van der Waals surface area contributed by atoms with Crippen molar-refractivity contribution in [2.45, 2.75) is 19.4 Å². The summed E-state index contributed by atoms with van der Waals surface area (Å²) in [5.41, 5.74) is 0.224. The Kier molecular flexibility index (Phi) is 3.22. The van der Waals surface area contributed by atoms with Crippen molar-refractivity contribution in [1.82, 2.24) is 0 Å². The quantitative estimate of drug-likeness (QED) is 0.738. The van der Waals surface area contributed by atoms with E-state index in [1.54, 1.807) is 0 Å². The predicted octanol–water partition coefficient (Wildman–Crippen LogP) is 2.54. The van der Waals surface area contributed by atoms with E-state index >= 15 is 0 Å². The summed E-state index contributed by atoms with van der Waals surface area (Å²) in [6.45, 7) is 1.52. The van der Waals surface area contributed by atoms with Gasteiger partial charge >= 0.3 is 0 Å². The van der Waals surface area contributed by atoms with Crippen LogP contribution in [0.2, 0.25) is 5.02 Å². The van der Waals surface area contributed by atoms with Gasteiger partial charge in [0.1, 0.15) is 11.6 Å². The predicted molar refractivity (Wildman–Crippen MR) is 46.8 cm³/mol. The molecule has 0 aliphatic carbocycles. The SMILES string of the molecule is CC(O)Cc1cc(Cl)c(F)cc1F. The molecule has 1 atom stereocenters. The van der Waals surface area contributed by atoms with Gasteiger partial charge in [-0.15, -0.1) is 0 Å². The molecule has 0 spiro atoms. The summed E-state index contributed by atoms with van der Waals surface area (Å²) in [5.74, 6) is -1.46. The van der Waals surface area contributed by atoms with Crippen LogP contribution in [0, 0.1) is 11.6 Å². The van der Waals surface area contributed by atoms with Gasteiger partial charge in [-0.05, 0) is 18.6 Å². The second-order valence-electron chi connectivity index (χ2n) is 2.91. The molecule has 1 unspecified atom stereocenters. The van der Waals surface area contributed by atoms with Crippen molar-refractivity contribution < 1.29 is 13.9 Å². The first-order chi connectivity index (χ1) is 6.00. The zero-order valence-corrected chi connectivity index (χ0v) is 7.78. The van der Waals surface area contributed by atoms with Gasteiger partial charge in [0.05, 0.1) is 11.1 Å². The van der Waals surface area contributed by atoms with Gasteiger partial charge < -0.3 is 5.11 Å². The van der Waals surface area contributed by atoms with E-state index < -0.39 is 17.7 Å². The lowest BCUT2D eigenvalue weighted by atomic mass is 10.1. The minimum absolute atomic E-state index is 0.128. The summed E-state index contributed by atoms with van der Waals surface area (Å²) >= 11 is 5.45. The Balaban J connectivity index is 3.01. The molecular weight excluding hydrogens is 198 g/mol. The van der Waals surface area contributed by atoms with Crippen molar-refractivity contribution in [3.63, 3.8) is 0 Å². The summed E-state index contributed by atoms with van der Waals surface area (Å²) in [6.07, 6.45) is -0.540. The standard InChI is InChI=1S/C9H9ClF2O/c1-5(13)2-6-3-7(10)9(12)4-8(6)11/h3-5,13H,2H2,1H3. The molecule has 0 fully saturated rings. The molecule has 0 heterocycles. The Morgan fingerprint density at radius 1 is 1.38 bits per heavy atom. The Morgan fingerprint density at radius 2 is 2.00 bits per heavy atom. The van der Waals surface area contributed by atoms with Gasteiger partial charge in [-0.3, -0.25) is 0 Å². The number of aliphatic hydroxyl groups excluding tert-OH is 1. The summed E-state index contributed by atoms with van der Waals surface area (Å²) in [5, 5.41) is 8.86. The van der Waals surface area contributed by atoms with E-state index in [9.17, 15) is 8.78 Å². The maximum atomic E-state index is 13.0. The molecule has 0 saturated carbocycles. The van der Waals surface area contributed by atoms with Crippen LogP contribution >= 0.6 is 11.6 Å².